The van der Waals surface area contributed by atoms with Crippen LogP contribution in [0.3, 0.4) is 0 Å². The van der Waals surface area contributed by atoms with Crippen LogP contribution in [0.4, 0.5) is 0 Å². The van der Waals surface area contributed by atoms with E-state index in [4.69, 9.17) is 13.9 Å². The summed E-state index contributed by atoms with van der Waals surface area (Å²) < 4.78 is 15.9. The Balaban J connectivity index is 1.63. The first kappa shape index (κ1) is 20.6. The minimum Gasteiger partial charge on any atom is -0.496 e. The van der Waals surface area contributed by atoms with Gasteiger partial charge in [-0.05, 0) is 48.0 Å². The van der Waals surface area contributed by atoms with Gasteiger partial charge in [0.25, 0.3) is 0 Å². The molecule has 32 heavy (non-hydrogen) atoms. The molecule has 0 spiro atoms. The highest BCUT2D eigenvalue weighted by atomic mass is 16.5. The fraction of sp³-hybridized carbons (Fsp3) is 0.0385. The predicted octanol–water partition coefficient (Wildman–Crippen LogP) is 5.08. The lowest BCUT2D eigenvalue weighted by Gasteiger charge is -2.08. The van der Waals surface area contributed by atoms with Gasteiger partial charge < -0.3 is 13.9 Å². The van der Waals surface area contributed by atoms with Crippen LogP contribution in [0.1, 0.15) is 21.5 Å². The summed E-state index contributed by atoms with van der Waals surface area (Å²) in [5.74, 6) is -0.0181. The van der Waals surface area contributed by atoms with E-state index in [1.807, 2.05) is 12.1 Å². The summed E-state index contributed by atoms with van der Waals surface area (Å²) in [7, 11) is 1.54. The van der Waals surface area contributed by atoms with Crippen molar-refractivity contribution in [2.24, 2.45) is 0 Å². The standard InChI is InChI=1S/C26H17NO5/c1-30-24-12-5-3-10-21(24)19(16-27)13-17-7-6-9-20(14-17)31-25(28)22-15-18-8-2-4-11-23(18)32-26(22)29/h2-15H,1H3/b19-13-. The van der Waals surface area contributed by atoms with Gasteiger partial charge in [-0.25, -0.2) is 9.59 Å². The van der Waals surface area contributed by atoms with Gasteiger partial charge in [0.1, 0.15) is 22.6 Å². The Morgan fingerprint density at radius 1 is 0.969 bits per heavy atom. The second-order valence-corrected chi connectivity index (χ2v) is 6.82. The smallest absolute Gasteiger partial charge is 0.351 e. The summed E-state index contributed by atoms with van der Waals surface area (Å²) in [6.07, 6.45) is 1.67. The number of fused-ring (bicyclic) bond motifs is 1. The lowest BCUT2D eigenvalue weighted by Crippen LogP contribution is -2.18. The number of ether oxygens (including phenoxy) is 2. The normalized spacial score (nSPS) is 11.1. The average Bonchev–Trinajstić information content (AvgIpc) is 2.82. The van der Waals surface area contributed by atoms with Crippen LogP contribution in [0.25, 0.3) is 22.6 Å². The zero-order valence-electron chi connectivity index (χ0n) is 17.1. The van der Waals surface area contributed by atoms with Gasteiger partial charge in [-0.15, -0.1) is 0 Å². The van der Waals surface area contributed by atoms with Crippen LogP contribution in [0, 0.1) is 11.3 Å². The van der Waals surface area contributed by atoms with E-state index in [2.05, 4.69) is 6.07 Å². The molecule has 0 saturated carbocycles. The molecule has 1 heterocycles. The van der Waals surface area contributed by atoms with E-state index < -0.39 is 11.6 Å². The van der Waals surface area contributed by atoms with Crippen molar-refractivity contribution in [3.8, 4) is 17.6 Å². The molecule has 3 aromatic carbocycles. The lowest BCUT2D eigenvalue weighted by molar-refractivity contribution is 0.0730. The highest BCUT2D eigenvalue weighted by Crippen LogP contribution is 2.28. The Bertz CT molecular complexity index is 1440. The van der Waals surface area contributed by atoms with Crippen molar-refractivity contribution in [2.45, 2.75) is 0 Å². The van der Waals surface area contributed by atoms with Crippen LogP contribution in [0.15, 0.2) is 88.1 Å². The van der Waals surface area contributed by atoms with E-state index in [0.717, 1.165) is 0 Å². The van der Waals surface area contributed by atoms with Gasteiger partial charge in [-0.3, -0.25) is 0 Å². The summed E-state index contributed by atoms with van der Waals surface area (Å²) in [4.78, 5) is 24.8. The highest BCUT2D eigenvalue weighted by Gasteiger charge is 2.16. The number of allylic oxidation sites excluding steroid dienone is 1. The molecule has 0 aliphatic rings. The van der Waals surface area contributed by atoms with E-state index in [-0.39, 0.29) is 11.3 Å². The fourth-order valence-corrected chi connectivity index (χ4v) is 3.24. The Morgan fingerprint density at radius 3 is 2.56 bits per heavy atom. The molecule has 156 valence electrons. The molecule has 0 bridgehead atoms. The number of nitrogens with zero attached hydrogens (tertiary/aromatic N) is 1. The Hall–Kier alpha value is -4.63. The summed E-state index contributed by atoms with van der Waals surface area (Å²) in [6.45, 7) is 0. The van der Waals surface area contributed by atoms with E-state index in [0.29, 0.717) is 33.4 Å². The van der Waals surface area contributed by atoms with Crippen LogP contribution in [0.2, 0.25) is 0 Å². The van der Waals surface area contributed by atoms with Crippen LogP contribution in [0.5, 0.6) is 11.5 Å². The van der Waals surface area contributed by atoms with Crippen LogP contribution in [-0.4, -0.2) is 13.1 Å². The fourth-order valence-electron chi connectivity index (χ4n) is 3.24. The molecule has 0 saturated heterocycles. The van der Waals surface area contributed by atoms with Crippen molar-refractivity contribution in [1.82, 2.24) is 0 Å². The minimum absolute atomic E-state index is 0.198. The molecule has 0 aliphatic carbocycles. The number of benzene rings is 3. The van der Waals surface area contributed by atoms with E-state index in [1.54, 1.807) is 66.7 Å². The third-order valence-electron chi connectivity index (χ3n) is 4.76. The van der Waals surface area contributed by atoms with E-state index >= 15 is 0 Å². The van der Waals surface area contributed by atoms with Crippen molar-refractivity contribution in [3.63, 3.8) is 0 Å². The first-order valence-corrected chi connectivity index (χ1v) is 9.69. The molecular weight excluding hydrogens is 406 g/mol. The number of nitriles is 1. The van der Waals surface area contributed by atoms with Gasteiger partial charge in [-0.1, -0.05) is 42.5 Å². The number of carbonyl (C=O) groups excluding carboxylic acids is 1. The van der Waals surface area contributed by atoms with E-state index in [9.17, 15) is 14.9 Å². The second-order valence-electron chi connectivity index (χ2n) is 6.82. The number of hydrogen-bond acceptors (Lipinski definition) is 6. The number of carbonyl (C=O) groups is 1. The molecule has 0 unspecified atom stereocenters. The maximum absolute atomic E-state index is 12.6. The van der Waals surface area contributed by atoms with Crippen molar-refractivity contribution in [1.29, 1.82) is 5.26 Å². The molecule has 4 aromatic rings. The third-order valence-corrected chi connectivity index (χ3v) is 4.76. The van der Waals surface area contributed by atoms with Crippen molar-refractivity contribution < 1.29 is 18.7 Å². The monoisotopic (exact) mass is 423 g/mol. The van der Waals surface area contributed by atoms with Crippen molar-refractivity contribution in [3.05, 3.63) is 106 Å². The molecular formula is C26H17NO5. The maximum Gasteiger partial charge on any atom is 0.351 e. The third kappa shape index (κ3) is 4.27. The van der Waals surface area contributed by atoms with E-state index in [1.165, 1.54) is 13.2 Å². The lowest BCUT2D eigenvalue weighted by atomic mass is 10.0. The molecule has 0 N–H and O–H groups in total. The second kappa shape index (κ2) is 9.02. The first-order chi connectivity index (χ1) is 15.6. The number of methoxy groups -OCH3 is 1. The Morgan fingerprint density at radius 2 is 1.75 bits per heavy atom. The zero-order valence-corrected chi connectivity index (χ0v) is 17.1. The van der Waals surface area contributed by atoms with Crippen LogP contribution >= 0.6 is 0 Å². The first-order valence-electron chi connectivity index (χ1n) is 9.69. The van der Waals surface area contributed by atoms with Gasteiger partial charge in [0, 0.05) is 10.9 Å². The van der Waals surface area contributed by atoms with Gasteiger partial charge in [0.05, 0.1) is 18.8 Å². The van der Waals surface area contributed by atoms with Gasteiger partial charge >= 0.3 is 11.6 Å². The zero-order chi connectivity index (χ0) is 22.5. The average molecular weight is 423 g/mol. The minimum atomic E-state index is -0.823. The molecule has 6 nitrogen and oxygen atoms in total. The van der Waals surface area contributed by atoms with Crippen LogP contribution in [-0.2, 0) is 0 Å². The molecule has 0 aliphatic heterocycles. The van der Waals surface area contributed by atoms with Gasteiger partial charge in [0.15, 0.2) is 0 Å². The number of hydrogen-bond donors (Lipinski definition) is 0. The maximum atomic E-state index is 12.6. The quantitative estimate of drug-likeness (QED) is 0.146. The Kier molecular flexibility index (Phi) is 5.82. The summed E-state index contributed by atoms with van der Waals surface area (Å²) in [5.41, 5.74) is 1.10. The predicted molar refractivity (Wildman–Crippen MR) is 120 cm³/mol. The number of rotatable bonds is 5. The van der Waals surface area contributed by atoms with Crippen LogP contribution < -0.4 is 15.1 Å². The summed E-state index contributed by atoms with van der Waals surface area (Å²) >= 11 is 0. The van der Waals surface area contributed by atoms with Gasteiger partial charge in [0.2, 0.25) is 0 Å². The van der Waals surface area contributed by atoms with Crippen molar-refractivity contribution >= 4 is 28.6 Å². The molecule has 0 fully saturated rings. The molecule has 6 heteroatoms. The van der Waals surface area contributed by atoms with Crippen molar-refractivity contribution in [2.75, 3.05) is 7.11 Å². The van der Waals surface area contributed by atoms with Gasteiger partial charge in [-0.2, -0.15) is 5.26 Å². The summed E-state index contributed by atoms with van der Waals surface area (Å²) in [6, 6.07) is 24.4. The largest absolute Gasteiger partial charge is 0.496 e. The number of para-hydroxylation sites is 2. The summed E-state index contributed by atoms with van der Waals surface area (Å²) in [5, 5.41) is 10.3. The molecule has 4 rings (SSSR count). The topological polar surface area (TPSA) is 89.5 Å². The molecule has 0 atom stereocenters. The molecule has 1 aromatic heterocycles. The molecule has 0 radical (unpaired) electrons. The molecule has 0 amide bonds. The SMILES string of the molecule is COc1ccccc1/C(C#N)=C\c1cccc(OC(=O)c2cc3ccccc3oc2=O)c1. The Labute approximate surface area is 183 Å². The highest BCUT2D eigenvalue weighted by molar-refractivity contribution is 5.94. The number of esters is 1.